The third kappa shape index (κ3) is 2.64. The van der Waals surface area contributed by atoms with Gasteiger partial charge in [0, 0.05) is 4.47 Å². The van der Waals surface area contributed by atoms with Crippen molar-refractivity contribution in [2.45, 2.75) is 6.42 Å². The zero-order chi connectivity index (χ0) is 11.4. The maximum atomic E-state index is 5.23. The zero-order valence-electron chi connectivity index (χ0n) is 9.11. The van der Waals surface area contributed by atoms with Crippen molar-refractivity contribution < 1.29 is 4.74 Å². The van der Waals surface area contributed by atoms with Crippen molar-refractivity contribution in [1.82, 2.24) is 0 Å². The fraction of sp³-hybridized carbons (Fsp3) is 0.143. The third-order valence-electron chi connectivity index (χ3n) is 2.49. The molecule has 0 aromatic heterocycles. The van der Waals surface area contributed by atoms with E-state index in [2.05, 4.69) is 46.3 Å². The summed E-state index contributed by atoms with van der Waals surface area (Å²) in [6.45, 7) is 0. The lowest BCUT2D eigenvalue weighted by atomic mass is 10.1. The first-order chi connectivity index (χ1) is 7.79. The van der Waals surface area contributed by atoms with E-state index < -0.39 is 0 Å². The van der Waals surface area contributed by atoms with Gasteiger partial charge in [0.1, 0.15) is 5.75 Å². The predicted molar refractivity (Wildman–Crippen MR) is 69.9 cm³/mol. The van der Waals surface area contributed by atoms with Crippen LogP contribution in [0.1, 0.15) is 11.1 Å². The molecule has 0 saturated heterocycles. The van der Waals surface area contributed by atoms with Crippen LogP contribution in [0.4, 0.5) is 0 Å². The Balaban J connectivity index is 2.27. The van der Waals surface area contributed by atoms with Crippen LogP contribution in [0.5, 0.6) is 5.75 Å². The molecule has 0 spiro atoms. The summed E-state index contributed by atoms with van der Waals surface area (Å²) in [7, 11) is 1.69. The molecule has 0 amide bonds. The first-order valence-electron chi connectivity index (χ1n) is 5.16. The van der Waals surface area contributed by atoms with E-state index in [4.69, 9.17) is 4.74 Å². The van der Waals surface area contributed by atoms with Gasteiger partial charge in [0.05, 0.1) is 7.11 Å². The Bertz CT molecular complexity index is 465. The Morgan fingerprint density at radius 2 is 1.81 bits per heavy atom. The lowest BCUT2D eigenvalue weighted by Crippen LogP contribution is -1.91. The molecule has 1 nitrogen and oxygen atoms in total. The zero-order valence-corrected chi connectivity index (χ0v) is 10.7. The molecule has 0 aliphatic heterocycles. The van der Waals surface area contributed by atoms with Gasteiger partial charge in [-0.1, -0.05) is 46.3 Å². The van der Waals surface area contributed by atoms with Crippen LogP contribution in [0.15, 0.2) is 53.0 Å². The van der Waals surface area contributed by atoms with Gasteiger partial charge in [-0.3, -0.25) is 0 Å². The van der Waals surface area contributed by atoms with Gasteiger partial charge in [0.15, 0.2) is 0 Å². The van der Waals surface area contributed by atoms with Crippen molar-refractivity contribution in [2.24, 2.45) is 0 Å². The van der Waals surface area contributed by atoms with E-state index in [0.29, 0.717) is 0 Å². The van der Waals surface area contributed by atoms with Gasteiger partial charge in [-0.05, 0) is 35.7 Å². The molecule has 2 aromatic rings. The molecule has 0 bridgehead atoms. The Kier molecular flexibility index (Phi) is 3.62. The average Bonchev–Trinajstić information content (AvgIpc) is 2.33. The van der Waals surface area contributed by atoms with E-state index in [9.17, 15) is 0 Å². The quantitative estimate of drug-likeness (QED) is 0.822. The van der Waals surface area contributed by atoms with Gasteiger partial charge in [0.2, 0.25) is 0 Å². The molecule has 2 heteroatoms. The molecular weight excluding hydrogens is 264 g/mol. The fourth-order valence-corrected chi connectivity index (χ4v) is 2.02. The maximum Gasteiger partial charge on any atom is 0.119 e. The lowest BCUT2D eigenvalue weighted by Gasteiger charge is -2.07. The molecular formula is C14H13BrO. The van der Waals surface area contributed by atoms with Crippen LogP contribution in [0.25, 0.3) is 0 Å². The van der Waals surface area contributed by atoms with Crippen molar-refractivity contribution in [3.05, 3.63) is 64.1 Å². The van der Waals surface area contributed by atoms with Crippen LogP contribution in [0.3, 0.4) is 0 Å². The van der Waals surface area contributed by atoms with Crippen molar-refractivity contribution >= 4 is 15.9 Å². The SMILES string of the molecule is COc1ccc(Br)c(Cc2ccccc2)c1. The number of halogens is 1. The van der Waals surface area contributed by atoms with Crippen LogP contribution in [0, 0.1) is 0 Å². The summed E-state index contributed by atoms with van der Waals surface area (Å²) in [5.41, 5.74) is 2.54. The van der Waals surface area contributed by atoms with Gasteiger partial charge in [-0.15, -0.1) is 0 Å². The molecule has 16 heavy (non-hydrogen) atoms. The fourth-order valence-electron chi connectivity index (χ4n) is 1.63. The van der Waals surface area contributed by atoms with Gasteiger partial charge in [0.25, 0.3) is 0 Å². The smallest absolute Gasteiger partial charge is 0.119 e. The topological polar surface area (TPSA) is 9.23 Å². The highest BCUT2D eigenvalue weighted by atomic mass is 79.9. The Labute approximate surface area is 104 Å². The first-order valence-corrected chi connectivity index (χ1v) is 5.95. The molecule has 0 aliphatic rings. The molecule has 0 unspecified atom stereocenters. The number of benzene rings is 2. The molecule has 0 N–H and O–H groups in total. The van der Waals surface area contributed by atoms with Crippen LogP contribution in [-0.4, -0.2) is 7.11 Å². The summed E-state index contributed by atoms with van der Waals surface area (Å²) in [6, 6.07) is 16.5. The second-order valence-electron chi connectivity index (χ2n) is 3.62. The van der Waals surface area contributed by atoms with Crippen LogP contribution < -0.4 is 4.74 Å². The molecule has 2 aromatic carbocycles. The molecule has 0 aliphatic carbocycles. The monoisotopic (exact) mass is 276 g/mol. The van der Waals surface area contributed by atoms with Crippen molar-refractivity contribution in [3.63, 3.8) is 0 Å². The highest BCUT2D eigenvalue weighted by molar-refractivity contribution is 9.10. The second kappa shape index (κ2) is 5.17. The van der Waals surface area contributed by atoms with Crippen LogP contribution in [0.2, 0.25) is 0 Å². The van der Waals surface area contributed by atoms with E-state index in [0.717, 1.165) is 16.6 Å². The van der Waals surface area contributed by atoms with Crippen molar-refractivity contribution in [3.8, 4) is 5.75 Å². The minimum Gasteiger partial charge on any atom is -0.497 e. The lowest BCUT2D eigenvalue weighted by molar-refractivity contribution is 0.414. The number of rotatable bonds is 3. The second-order valence-corrected chi connectivity index (χ2v) is 4.47. The normalized spacial score (nSPS) is 10.1. The molecule has 0 radical (unpaired) electrons. The van der Waals surface area contributed by atoms with Crippen molar-refractivity contribution in [1.29, 1.82) is 0 Å². The number of hydrogen-bond donors (Lipinski definition) is 0. The summed E-state index contributed by atoms with van der Waals surface area (Å²) < 4.78 is 6.35. The minimum absolute atomic E-state index is 0.897. The Morgan fingerprint density at radius 3 is 2.50 bits per heavy atom. The van der Waals surface area contributed by atoms with E-state index in [1.807, 2.05) is 18.2 Å². The maximum absolute atomic E-state index is 5.23. The summed E-state index contributed by atoms with van der Waals surface area (Å²) in [6.07, 6.45) is 0.915. The van der Waals surface area contributed by atoms with Gasteiger partial charge in [-0.2, -0.15) is 0 Å². The first kappa shape index (κ1) is 11.2. The van der Waals surface area contributed by atoms with E-state index in [1.54, 1.807) is 7.11 Å². The highest BCUT2D eigenvalue weighted by Crippen LogP contribution is 2.24. The van der Waals surface area contributed by atoms with Gasteiger partial charge >= 0.3 is 0 Å². The predicted octanol–water partition coefficient (Wildman–Crippen LogP) is 4.05. The standard InChI is InChI=1S/C14H13BrO/c1-16-13-7-8-14(15)12(10-13)9-11-5-3-2-4-6-11/h2-8,10H,9H2,1H3. The van der Waals surface area contributed by atoms with Gasteiger partial charge < -0.3 is 4.74 Å². The molecule has 2 rings (SSSR count). The summed E-state index contributed by atoms with van der Waals surface area (Å²) in [5, 5.41) is 0. The van der Waals surface area contributed by atoms with Gasteiger partial charge in [-0.25, -0.2) is 0 Å². The van der Waals surface area contributed by atoms with Crippen LogP contribution >= 0.6 is 15.9 Å². The van der Waals surface area contributed by atoms with E-state index in [-0.39, 0.29) is 0 Å². The molecule has 0 saturated carbocycles. The van der Waals surface area contributed by atoms with Crippen LogP contribution in [-0.2, 0) is 6.42 Å². The number of ether oxygens (including phenoxy) is 1. The molecule has 82 valence electrons. The molecule has 0 atom stereocenters. The minimum atomic E-state index is 0.897. The number of hydrogen-bond acceptors (Lipinski definition) is 1. The Hall–Kier alpha value is -1.28. The van der Waals surface area contributed by atoms with Crippen molar-refractivity contribution in [2.75, 3.05) is 7.11 Å². The van der Waals surface area contributed by atoms with E-state index >= 15 is 0 Å². The highest BCUT2D eigenvalue weighted by Gasteiger charge is 2.03. The largest absolute Gasteiger partial charge is 0.497 e. The molecule has 0 fully saturated rings. The summed E-state index contributed by atoms with van der Waals surface area (Å²) in [4.78, 5) is 0. The molecule has 0 heterocycles. The van der Waals surface area contributed by atoms with E-state index in [1.165, 1.54) is 11.1 Å². The average molecular weight is 277 g/mol. The third-order valence-corrected chi connectivity index (χ3v) is 3.26. The summed E-state index contributed by atoms with van der Waals surface area (Å²) >= 11 is 3.56. The number of methoxy groups -OCH3 is 1. The summed E-state index contributed by atoms with van der Waals surface area (Å²) in [5.74, 6) is 0.897. The Morgan fingerprint density at radius 1 is 1.06 bits per heavy atom.